The normalized spacial score (nSPS) is 10.6. The lowest BCUT2D eigenvalue weighted by molar-refractivity contribution is -0.116. The third-order valence-electron chi connectivity index (χ3n) is 4.70. The number of anilines is 1. The van der Waals surface area contributed by atoms with Crippen molar-refractivity contribution in [3.05, 3.63) is 77.9 Å². The molecule has 0 bridgehead atoms. The molecule has 3 aromatic carbocycles. The standard InChI is InChI=1S/C25H25N3O4/c1-15(2)13-23(29)28-17-9-12-22(32-18-10-7-16(8-11-18)24(26)27)21(14-17)19-5-3-4-6-20(19)25(30)31/h3-12,14-15H,13H2,1-2H3,(H3,26,27)(H,28,29)(H,30,31). The molecule has 0 heterocycles. The molecular weight excluding hydrogens is 406 g/mol. The number of amides is 1. The molecule has 3 rings (SSSR count). The number of nitrogens with one attached hydrogen (secondary N) is 2. The number of rotatable bonds is 8. The largest absolute Gasteiger partial charge is 0.478 e. The fraction of sp³-hybridized carbons (Fsp3) is 0.160. The highest BCUT2D eigenvalue weighted by molar-refractivity contribution is 5.98. The number of hydrogen-bond acceptors (Lipinski definition) is 4. The average molecular weight is 431 g/mol. The quantitative estimate of drug-likeness (QED) is 0.291. The Morgan fingerprint density at radius 2 is 1.72 bits per heavy atom. The highest BCUT2D eigenvalue weighted by Crippen LogP contribution is 2.37. The van der Waals surface area contributed by atoms with Gasteiger partial charge in [0.25, 0.3) is 0 Å². The molecule has 0 aliphatic heterocycles. The summed E-state index contributed by atoms with van der Waals surface area (Å²) in [5.41, 5.74) is 7.73. The molecule has 0 aromatic heterocycles. The number of benzene rings is 3. The van der Waals surface area contributed by atoms with E-state index in [1.807, 2.05) is 13.8 Å². The summed E-state index contributed by atoms with van der Waals surface area (Å²) in [7, 11) is 0. The molecule has 7 nitrogen and oxygen atoms in total. The summed E-state index contributed by atoms with van der Waals surface area (Å²) >= 11 is 0. The number of carboxylic acids is 1. The lowest BCUT2D eigenvalue weighted by Gasteiger charge is -2.16. The van der Waals surface area contributed by atoms with Gasteiger partial charge >= 0.3 is 5.97 Å². The second-order valence-corrected chi connectivity index (χ2v) is 7.75. The van der Waals surface area contributed by atoms with E-state index in [0.29, 0.717) is 40.3 Å². The predicted molar refractivity (Wildman–Crippen MR) is 124 cm³/mol. The van der Waals surface area contributed by atoms with Crippen LogP contribution in [0.3, 0.4) is 0 Å². The maximum absolute atomic E-state index is 12.2. The topological polar surface area (TPSA) is 126 Å². The summed E-state index contributed by atoms with van der Waals surface area (Å²) < 4.78 is 6.04. The van der Waals surface area contributed by atoms with Crippen LogP contribution in [0.25, 0.3) is 11.1 Å². The van der Waals surface area contributed by atoms with E-state index in [4.69, 9.17) is 15.9 Å². The first-order valence-electron chi connectivity index (χ1n) is 10.1. The fourth-order valence-corrected chi connectivity index (χ4v) is 3.22. The van der Waals surface area contributed by atoms with Crippen LogP contribution in [0.5, 0.6) is 11.5 Å². The Kier molecular flexibility index (Phi) is 6.90. The summed E-state index contributed by atoms with van der Waals surface area (Å²) in [5.74, 6) is -0.0914. The van der Waals surface area contributed by atoms with Gasteiger partial charge in [-0.3, -0.25) is 10.2 Å². The Bertz CT molecular complexity index is 1150. The van der Waals surface area contributed by atoms with Crippen LogP contribution < -0.4 is 15.8 Å². The van der Waals surface area contributed by atoms with Crippen molar-refractivity contribution in [3.63, 3.8) is 0 Å². The van der Waals surface area contributed by atoms with Crippen LogP contribution >= 0.6 is 0 Å². The Balaban J connectivity index is 2.03. The van der Waals surface area contributed by atoms with Gasteiger partial charge in [0.05, 0.1) is 5.56 Å². The van der Waals surface area contributed by atoms with Crippen LogP contribution in [0.1, 0.15) is 36.2 Å². The van der Waals surface area contributed by atoms with Crippen molar-refractivity contribution in [1.82, 2.24) is 0 Å². The van der Waals surface area contributed by atoms with E-state index in [0.717, 1.165) is 0 Å². The molecule has 0 saturated carbocycles. The first kappa shape index (κ1) is 22.6. The van der Waals surface area contributed by atoms with Gasteiger partial charge in [0.15, 0.2) is 0 Å². The van der Waals surface area contributed by atoms with E-state index in [9.17, 15) is 14.7 Å². The monoisotopic (exact) mass is 431 g/mol. The van der Waals surface area contributed by atoms with E-state index < -0.39 is 5.97 Å². The summed E-state index contributed by atoms with van der Waals surface area (Å²) in [5, 5.41) is 20.0. The molecule has 32 heavy (non-hydrogen) atoms. The maximum atomic E-state index is 12.2. The van der Waals surface area contributed by atoms with Crippen molar-refractivity contribution in [2.45, 2.75) is 20.3 Å². The van der Waals surface area contributed by atoms with Crippen molar-refractivity contribution in [2.24, 2.45) is 11.7 Å². The van der Waals surface area contributed by atoms with Gasteiger partial charge in [0.1, 0.15) is 17.3 Å². The van der Waals surface area contributed by atoms with E-state index in [1.54, 1.807) is 60.7 Å². The molecule has 164 valence electrons. The number of hydrogen-bond donors (Lipinski definition) is 4. The summed E-state index contributed by atoms with van der Waals surface area (Å²) in [4.78, 5) is 24.1. The summed E-state index contributed by atoms with van der Waals surface area (Å²) in [6.07, 6.45) is 0.377. The van der Waals surface area contributed by atoms with E-state index in [2.05, 4.69) is 5.32 Å². The minimum Gasteiger partial charge on any atom is -0.478 e. The second-order valence-electron chi connectivity index (χ2n) is 7.75. The molecule has 0 atom stereocenters. The van der Waals surface area contributed by atoms with Crippen molar-refractivity contribution in [1.29, 1.82) is 5.41 Å². The Morgan fingerprint density at radius 1 is 1.03 bits per heavy atom. The zero-order valence-electron chi connectivity index (χ0n) is 17.9. The van der Waals surface area contributed by atoms with Crippen molar-refractivity contribution in [2.75, 3.05) is 5.32 Å². The summed E-state index contributed by atoms with van der Waals surface area (Å²) in [6, 6.07) is 18.4. The smallest absolute Gasteiger partial charge is 0.336 e. The molecule has 0 spiro atoms. The van der Waals surface area contributed by atoms with Crippen LogP contribution in [0.15, 0.2) is 66.7 Å². The van der Waals surface area contributed by atoms with Gasteiger partial charge in [-0.05, 0) is 60.0 Å². The van der Waals surface area contributed by atoms with Gasteiger partial charge in [-0.2, -0.15) is 0 Å². The maximum Gasteiger partial charge on any atom is 0.336 e. The highest BCUT2D eigenvalue weighted by Gasteiger charge is 2.17. The summed E-state index contributed by atoms with van der Waals surface area (Å²) in [6.45, 7) is 3.92. The van der Waals surface area contributed by atoms with E-state index in [1.165, 1.54) is 6.07 Å². The molecular formula is C25H25N3O4. The average Bonchev–Trinajstić information content (AvgIpc) is 2.74. The number of nitrogen functional groups attached to an aromatic ring is 1. The molecule has 0 aliphatic carbocycles. The highest BCUT2D eigenvalue weighted by atomic mass is 16.5. The molecule has 3 aromatic rings. The fourth-order valence-electron chi connectivity index (χ4n) is 3.22. The molecule has 0 saturated heterocycles. The van der Waals surface area contributed by atoms with Crippen LogP contribution in [0.4, 0.5) is 5.69 Å². The van der Waals surface area contributed by atoms with Crippen molar-refractivity contribution in [3.8, 4) is 22.6 Å². The zero-order valence-corrected chi connectivity index (χ0v) is 17.9. The molecule has 1 amide bonds. The molecule has 0 fully saturated rings. The second kappa shape index (κ2) is 9.78. The van der Waals surface area contributed by atoms with Crippen LogP contribution in [0, 0.1) is 11.3 Å². The third kappa shape index (κ3) is 5.51. The van der Waals surface area contributed by atoms with Crippen LogP contribution in [0.2, 0.25) is 0 Å². The molecule has 5 N–H and O–H groups in total. The van der Waals surface area contributed by atoms with Crippen LogP contribution in [-0.2, 0) is 4.79 Å². The van der Waals surface area contributed by atoms with Crippen molar-refractivity contribution >= 4 is 23.4 Å². The Hall–Kier alpha value is -4.13. The van der Waals surface area contributed by atoms with E-state index in [-0.39, 0.29) is 23.2 Å². The van der Waals surface area contributed by atoms with Gasteiger partial charge in [-0.1, -0.05) is 32.0 Å². The zero-order chi connectivity index (χ0) is 23.3. The number of nitrogens with two attached hydrogens (primary N) is 1. The SMILES string of the molecule is CC(C)CC(=O)Nc1ccc(Oc2ccc(C(=N)N)cc2)c(-c2ccccc2C(=O)O)c1. The first-order valence-corrected chi connectivity index (χ1v) is 10.1. The molecule has 0 radical (unpaired) electrons. The van der Waals surface area contributed by atoms with Gasteiger partial charge in [-0.15, -0.1) is 0 Å². The Morgan fingerprint density at radius 3 is 2.34 bits per heavy atom. The number of carbonyl (C=O) groups is 2. The van der Waals surface area contributed by atoms with Gasteiger partial charge in [-0.25, -0.2) is 4.79 Å². The number of carboxylic acid groups (broad SMARTS) is 1. The Labute approximate surface area is 186 Å². The van der Waals surface area contributed by atoms with Gasteiger partial charge in [0.2, 0.25) is 5.91 Å². The minimum absolute atomic E-state index is 0.0471. The number of carbonyl (C=O) groups excluding carboxylic acids is 1. The minimum atomic E-state index is -1.06. The lowest BCUT2D eigenvalue weighted by Crippen LogP contribution is -2.14. The number of aromatic carboxylic acids is 1. The molecule has 0 unspecified atom stereocenters. The first-order chi connectivity index (χ1) is 15.2. The van der Waals surface area contributed by atoms with Gasteiger partial charge < -0.3 is 20.9 Å². The number of amidine groups is 1. The van der Waals surface area contributed by atoms with Crippen LogP contribution in [-0.4, -0.2) is 22.8 Å². The molecule has 0 aliphatic rings. The van der Waals surface area contributed by atoms with E-state index >= 15 is 0 Å². The van der Waals surface area contributed by atoms with Gasteiger partial charge in [0, 0.05) is 23.2 Å². The molecule has 7 heteroatoms. The predicted octanol–water partition coefficient (Wildman–Crippen LogP) is 5.11. The number of ether oxygens (including phenoxy) is 1. The third-order valence-corrected chi connectivity index (χ3v) is 4.70. The lowest BCUT2D eigenvalue weighted by atomic mass is 9.98. The van der Waals surface area contributed by atoms with Crippen molar-refractivity contribution < 1.29 is 19.4 Å².